The van der Waals surface area contributed by atoms with Gasteiger partial charge in [-0.25, -0.2) is 0 Å². The molecule has 0 aliphatic heterocycles. The Morgan fingerprint density at radius 3 is 2.80 bits per heavy atom. The van der Waals surface area contributed by atoms with Crippen molar-refractivity contribution < 1.29 is 14.6 Å². The Balaban J connectivity index is 2.83. The van der Waals surface area contributed by atoms with Crippen molar-refractivity contribution in [3.63, 3.8) is 0 Å². The van der Waals surface area contributed by atoms with Crippen molar-refractivity contribution in [2.45, 2.75) is 6.42 Å². The first-order valence-corrected chi connectivity index (χ1v) is 3.24. The largest absolute Gasteiger partial charge is 0.392 e. The molecule has 60 valence electrons. The first-order chi connectivity index (χ1) is 4.91. The molecule has 0 aromatic heterocycles. The Morgan fingerprint density at radius 1 is 1.40 bits per heavy atom. The van der Waals surface area contributed by atoms with Crippen LogP contribution in [0.25, 0.3) is 0 Å². The van der Waals surface area contributed by atoms with Gasteiger partial charge in [0.2, 0.25) is 0 Å². The molecule has 0 aromatic rings. The molecule has 0 aliphatic rings. The Hall–Kier alpha value is -0.380. The average molecular weight is 146 g/mol. The van der Waals surface area contributed by atoms with E-state index in [0.717, 1.165) is 6.42 Å². The maximum atomic E-state index is 8.32. The van der Waals surface area contributed by atoms with E-state index in [2.05, 4.69) is 4.74 Å². The third-order valence-corrected chi connectivity index (χ3v) is 0.902. The van der Waals surface area contributed by atoms with Gasteiger partial charge in [-0.05, 0) is 6.42 Å². The maximum absolute atomic E-state index is 8.32. The van der Waals surface area contributed by atoms with Gasteiger partial charge < -0.3 is 14.6 Å². The van der Waals surface area contributed by atoms with Crippen molar-refractivity contribution in [1.82, 2.24) is 0 Å². The topological polar surface area (TPSA) is 38.7 Å². The zero-order chi connectivity index (χ0) is 7.66. The second-order valence-electron chi connectivity index (χ2n) is 1.76. The first-order valence-electron chi connectivity index (χ1n) is 3.24. The monoisotopic (exact) mass is 146 g/mol. The van der Waals surface area contributed by atoms with E-state index in [1.807, 2.05) is 6.08 Å². The van der Waals surface area contributed by atoms with Crippen LogP contribution in [-0.4, -0.2) is 32.2 Å². The summed E-state index contributed by atoms with van der Waals surface area (Å²) in [7, 11) is 1.59. The fourth-order valence-electron chi connectivity index (χ4n) is 0.486. The summed E-state index contributed by atoms with van der Waals surface area (Å²) in [5.41, 5.74) is 0. The first kappa shape index (κ1) is 9.62. The van der Waals surface area contributed by atoms with Gasteiger partial charge in [0.15, 0.2) is 0 Å². The van der Waals surface area contributed by atoms with E-state index < -0.39 is 0 Å². The van der Waals surface area contributed by atoms with Crippen LogP contribution in [0.15, 0.2) is 12.2 Å². The minimum atomic E-state index is 0.101. The van der Waals surface area contributed by atoms with E-state index in [-0.39, 0.29) is 6.61 Å². The zero-order valence-corrected chi connectivity index (χ0v) is 6.25. The molecule has 0 radical (unpaired) electrons. The van der Waals surface area contributed by atoms with Crippen LogP contribution in [0.3, 0.4) is 0 Å². The molecule has 0 aromatic carbocycles. The summed E-state index contributed by atoms with van der Waals surface area (Å²) >= 11 is 0. The number of rotatable bonds is 6. The Morgan fingerprint density at radius 2 is 2.20 bits per heavy atom. The molecule has 0 spiro atoms. The second-order valence-corrected chi connectivity index (χ2v) is 1.76. The van der Waals surface area contributed by atoms with E-state index >= 15 is 0 Å². The number of aliphatic hydroxyl groups excluding tert-OH is 1. The molecule has 0 aliphatic carbocycles. The molecule has 3 heteroatoms. The molecule has 0 heterocycles. The van der Waals surface area contributed by atoms with Crippen LogP contribution < -0.4 is 0 Å². The van der Waals surface area contributed by atoms with Crippen molar-refractivity contribution in [2.75, 3.05) is 27.1 Å². The fourth-order valence-corrected chi connectivity index (χ4v) is 0.486. The molecular formula is C7H14O3. The van der Waals surface area contributed by atoms with Crippen molar-refractivity contribution in [3.8, 4) is 0 Å². The number of ether oxygens (including phenoxy) is 2. The molecule has 0 saturated carbocycles. The van der Waals surface area contributed by atoms with Crippen LogP contribution in [0, 0.1) is 0 Å². The minimum Gasteiger partial charge on any atom is -0.392 e. The molecule has 0 fully saturated rings. The standard InChI is InChI=1S/C7H14O3/c1-9-7-10-6-4-2-3-5-8/h2-3,8H,4-7H2,1H3/b3-2+. The molecule has 0 unspecified atom stereocenters. The summed E-state index contributed by atoms with van der Waals surface area (Å²) in [5, 5.41) is 8.32. The van der Waals surface area contributed by atoms with E-state index in [9.17, 15) is 0 Å². The molecule has 0 atom stereocenters. The molecule has 0 amide bonds. The Bertz CT molecular complexity index is 80.9. The predicted octanol–water partition coefficient (Wildman–Crippen LogP) is 0.546. The van der Waals surface area contributed by atoms with Crippen LogP contribution in [0.4, 0.5) is 0 Å². The highest BCUT2D eigenvalue weighted by Crippen LogP contribution is 1.84. The van der Waals surface area contributed by atoms with Crippen molar-refractivity contribution in [3.05, 3.63) is 12.2 Å². The van der Waals surface area contributed by atoms with Gasteiger partial charge in [0.25, 0.3) is 0 Å². The van der Waals surface area contributed by atoms with Gasteiger partial charge in [0.05, 0.1) is 13.2 Å². The summed E-state index contributed by atoms with van der Waals surface area (Å²) in [5.74, 6) is 0. The van der Waals surface area contributed by atoms with Gasteiger partial charge in [-0.1, -0.05) is 12.2 Å². The van der Waals surface area contributed by atoms with Crippen molar-refractivity contribution in [1.29, 1.82) is 0 Å². The fraction of sp³-hybridized carbons (Fsp3) is 0.714. The van der Waals surface area contributed by atoms with Crippen LogP contribution in [0.2, 0.25) is 0 Å². The lowest BCUT2D eigenvalue weighted by molar-refractivity contribution is -0.0285. The summed E-state index contributed by atoms with van der Waals surface area (Å²) in [6.45, 7) is 1.08. The van der Waals surface area contributed by atoms with Crippen LogP contribution >= 0.6 is 0 Å². The predicted molar refractivity (Wildman–Crippen MR) is 38.7 cm³/mol. The van der Waals surface area contributed by atoms with Crippen molar-refractivity contribution >= 4 is 0 Å². The third kappa shape index (κ3) is 7.62. The van der Waals surface area contributed by atoms with Crippen LogP contribution in [-0.2, 0) is 9.47 Å². The third-order valence-electron chi connectivity index (χ3n) is 0.902. The molecule has 10 heavy (non-hydrogen) atoms. The van der Waals surface area contributed by atoms with Gasteiger partial charge in [-0.15, -0.1) is 0 Å². The normalized spacial score (nSPS) is 11.0. The summed E-state index contributed by atoms with van der Waals surface area (Å²) in [6.07, 6.45) is 4.38. The Kier molecular flexibility index (Phi) is 8.29. The van der Waals surface area contributed by atoms with E-state index in [1.165, 1.54) is 0 Å². The van der Waals surface area contributed by atoms with Gasteiger partial charge in [0.1, 0.15) is 6.79 Å². The lowest BCUT2D eigenvalue weighted by Gasteiger charge is -1.97. The van der Waals surface area contributed by atoms with E-state index in [4.69, 9.17) is 9.84 Å². The molecule has 0 rings (SSSR count). The molecule has 0 saturated heterocycles. The second kappa shape index (κ2) is 8.62. The van der Waals surface area contributed by atoms with Gasteiger partial charge in [0, 0.05) is 7.11 Å². The lowest BCUT2D eigenvalue weighted by atomic mass is 10.4. The average Bonchev–Trinajstić information content (AvgIpc) is 1.97. The van der Waals surface area contributed by atoms with Crippen LogP contribution in [0.5, 0.6) is 0 Å². The maximum Gasteiger partial charge on any atom is 0.146 e. The zero-order valence-electron chi connectivity index (χ0n) is 6.25. The number of methoxy groups -OCH3 is 1. The number of hydrogen-bond acceptors (Lipinski definition) is 3. The van der Waals surface area contributed by atoms with Crippen molar-refractivity contribution in [2.24, 2.45) is 0 Å². The highest BCUT2D eigenvalue weighted by Gasteiger charge is 1.81. The van der Waals surface area contributed by atoms with Crippen LogP contribution in [0.1, 0.15) is 6.42 Å². The quantitative estimate of drug-likeness (QED) is 0.338. The Labute approximate surface area is 61.3 Å². The van der Waals surface area contributed by atoms with Gasteiger partial charge in [-0.2, -0.15) is 0 Å². The lowest BCUT2D eigenvalue weighted by Crippen LogP contribution is -1.96. The summed E-state index contributed by atoms with van der Waals surface area (Å²) < 4.78 is 9.63. The van der Waals surface area contributed by atoms with Gasteiger partial charge >= 0.3 is 0 Å². The SMILES string of the molecule is COCOCC/C=C/CO. The summed E-state index contributed by atoms with van der Waals surface area (Å²) in [4.78, 5) is 0. The smallest absolute Gasteiger partial charge is 0.146 e. The molecule has 1 N–H and O–H groups in total. The molecular weight excluding hydrogens is 132 g/mol. The van der Waals surface area contributed by atoms with Gasteiger partial charge in [-0.3, -0.25) is 0 Å². The minimum absolute atomic E-state index is 0.101. The van der Waals surface area contributed by atoms with E-state index in [1.54, 1.807) is 13.2 Å². The highest BCUT2D eigenvalue weighted by molar-refractivity contribution is 4.80. The molecule has 3 nitrogen and oxygen atoms in total. The number of hydrogen-bond donors (Lipinski definition) is 1. The number of aliphatic hydroxyl groups is 1. The molecule has 0 bridgehead atoms. The summed E-state index contributed by atoms with van der Waals surface area (Å²) in [6, 6.07) is 0. The van der Waals surface area contributed by atoms with E-state index in [0.29, 0.717) is 13.4 Å². The highest BCUT2D eigenvalue weighted by atomic mass is 16.7.